The monoisotopic (exact) mass is 450 g/mol. The van der Waals surface area contributed by atoms with E-state index in [1.165, 1.54) is 28.7 Å². The fraction of sp³-hybridized carbons (Fsp3) is 0.350. The molecule has 2 aromatic rings. The first kappa shape index (κ1) is 24.1. The number of hydrazone groups is 1. The molecule has 0 aliphatic heterocycles. The summed E-state index contributed by atoms with van der Waals surface area (Å²) < 4.78 is 31.9. The van der Waals surface area contributed by atoms with Crippen LogP contribution in [0.3, 0.4) is 0 Å². The number of anilines is 1. The maximum atomic E-state index is 12.6. The zero-order chi connectivity index (χ0) is 23.0. The van der Waals surface area contributed by atoms with Gasteiger partial charge in [0.25, 0.3) is 5.69 Å². The van der Waals surface area contributed by atoms with Crippen molar-refractivity contribution in [3.63, 3.8) is 0 Å². The summed E-state index contributed by atoms with van der Waals surface area (Å²) in [4.78, 5) is 10.6. The predicted molar refractivity (Wildman–Crippen MR) is 118 cm³/mol. The van der Waals surface area contributed by atoms with E-state index in [4.69, 9.17) is 4.74 Å². The van der Waals surface area contributed by atoms with Crippen molar-refractivity contribution >= 4 is 27.6 Å². The first-order valence-corrected chi connectivity index (χ1v) is 11.2. The largest absolute Gasteiger partial charge is 0.507 e. The van der Waals surface area contributed by atoms with E-state index in [1.54, 1.807) is 26.0 Å². The maximum Gasteiger partial charge on any atom is 0.295 e. The number of ether oxygens (including phenoxy) is 1. The first-order valence-electron chi connectivity index (χ1n) is 9.78. The molecule has 0 aliphatic carbocycles. The Balaban J connectivity index is 2.25. The number of phenolic OH excluding ortho intramolecular Hbond substituents is 1. The Kier molecular flexibility index (Phi) is 8.34. The third-order valence-electron chi connectivity index (χ3n) is 4.37. The Morgan fingerprint density at radius 3 is 2.48 bits per heavy atom. The molecule has 2 rings (SSSR count). The number of benzene rings is 2. The van der Waals surface area contributed by atoms with E-state index in [0.29, 0.717) is 17.9 Å². The minimum Gasteiger partial charge on any atom is -0.507 e. The molecule has 0 bridgehead atoms. The standard InChI is InChI=1S/C20H26N4O6S/c1-4-11-30-16-8-7-15(20(25)12-16)14-21-22-18-10-9-17(13-19(18)24(26)27)31(28,29)23(5-2)6-3/h7-10,12-14,22,25H,4-6,11H2,1-3H3/b21-14-. The molecule has 2 N–H and O–H groups in total. The minimum atomic E-state index is -3.84. The average Bonchev–Trinajstić information content (AvgIpc) is 2.74. The van der Waals surface area contributed by atoms with Gasteiger partial charge in [0.05, 0.1) is 22.6 Å². The van der Waals surface area contributed by atoms with Gasteiger partial charge < -0.3 is 9.84 Å². The van der Waals surface area contributed by atoms with Crippen molar-refractivity contribution in [2.75, 3.05) is 25.1 Å². The molecule has 0 amide bonds. The van der Waals surface area contributed by atoms with Crippen molar-refractivity contribution in [3.8, 4) is 11.5 Å². The molecule has 0 fully saturated rings. The molecule has 0 aromatic heterocycles. The van der Waals surface area contributed by atoms with Crippen LogP contribution in [0.2, 0.25) is 0 Å². The molecule has 2 aromatic carbocycles. The van der Waals surface area contributed by atoms with Crippen molar-refractivity contribution in [1.82, 2.24) is 4.31 Å². The van der Waals surface area contributed by atoms with Crippen LogP contribution in [0.25, 0.3) is 0 Å². The van der Waals surface area contributed by atoms with Crippen LogP contribution >= 0.6 is 0 Å². The van der Waals surface area contributed by atoms with Gasteiger partial charge in [-0.15, -0.1) is 0 Å². The van der Waals surface area contributed by atoms with E-state index in [0.717, 1.165) is 12.5 Å². The fourth-order valence-corrected chi connectivity index (χ4v) is 4.22. The molecule has 0 saturated heterocycles. The third-order valence-corrected chi connectivity index (χ3v) is 6.42. The number of nitro benzene ring substituents is 1. The highest BCUT2D eigenvalue weighted by atomic mass is 32.2. The molecule has 0 unspecified atom stereocenters. The SMILES string of the molecule is CCCOc1ccc(/C=N\Nc2ccc(S(=O)(=O)N(CC)CC)cc2[N+](=O)[O-])c(O)c1. The Labute approximate surface area is 181 Å². The quantitative estimate of drug-likeness (QED) is 0.304. The van der Waals surface area contributed by atoms with Crippen LogP contribution in [0.15, 0.2) is 46.4 Å². The number of hydrogen-bond donors (Lipinski definition) is 2. The molecule has 0 radical (unpaired) electrons. The van der Waals surface area contributed by atoms with Crippen molar-refractivity contribution in [1.29, 1.82) is 0 Å². The van der Waals surface area contributed by atoms with Gasteiger partial charge in [-0.25, -0.2) is 8.42 Å². The molecule has 0 spiro atoms. The molecular weight excluding hydrogens is 424 g/mol. The lowest BCUT2D eigenvalue weighted by Gasteiger charge is -2.18. The number of nitrogens with one attached hydrogen (secondary N) is 1. The van der Waals surface area contributed by atoms with Crippen LogP contribution < -0.4 is 10.2 Å². The third kappa shape index (κ3) is 5.92. The number of nitro groups is 1. The minimum absolute atomic E-state index is 0.0159. The Morgan fingerprint density at radius 2 is 1.90 bits per heavy atom. The van der Waals surface area contributed by atoms with E-state index >= 15 is 0 Å². The molecule has 11 heteroatoms. The number of phenols is 1. The van der Waals surface area contributed by atoms with Crippen LogP contribution in [0.4, 0.5) is 11.4 Å². The summed E-state index contributed by atoms with van der Waals surface area (Å²) in [5, 5.41) is 25.5. The van der Waals surface area contributed by atoms with E-state index in [1.807, 2.05) is 6.92 Å². The fourth-order valence-electron chi connectivity index (χ4n) is 2.74. The topological polar surface area (TPSA) is 134 Å². The molecule has 0 aliphatic rings. The molecule has 0 heterocycles. The lowest BCUT2D eigenvalue weighted by molar-refractivity contribution is -0.384. The highest BCUT2D eigenvalue weighted by Gasteiger charge is 2.25. The summed E-state index contributed by atoms with van der Waals surface area (Å²) in [7, 11) is -3.84. The summed E-state index contributed by atoms with van der Waals surface area (Å²) >= 11 is 0. The number of aromatic hydroxyl groups is 1. The van der Waals surface area contributed by atoms with Crippen molar-refractivity contribution in [2.24, 2.45) is 5.10 Å². The number of hydrogen-bond acceptors (Lipinski definition) is 8. The van der Waals surface area contributed by atoms with Gasteiger partial charge >= 0.3 is 0 Å². The van der Waals surface area contributed by atoms with Crippen LogP contribution in [0.5, 0.6) is 11.5 Å². The lowest BCUT2D eigenvalue weighted by Crippen LogP contribution is -2.30. The number of sulfonamides is 1. The highest BCUT2D eigenvalue weighted by molar-refractivity contribution is 7.89. The summed E-state index contributed by atoms with van der Waals surface area (Å²) in [5.41, 5.74) is 2.49. The second-order valence-electron chi connectivity index (χ2n) is 6.46. The Morgan fingerprint density at radius 1 is 1.19 bits per heavy atom. The molecule has 10 nitrogen and oxygen atoms in total. The van der Waals surface area contributed by atoms with Gasteiger partial charge in [0.2, 0.25) is 10.0 Å². The predicted octanol–water partition coefficient (Wildman–Crippen LogP) is 3.57. The van der Waals surface area contributed by atoms with Gasteiger partial charge in [0.1, 0.15) is 17.2 Å². The smallest absolute Gasteiger partial charge is 0.295 e. The van der Waals surface area contributed by atoms with Gasteiger partial charge in [0, 0.05) is 30.8 Å². The lowest BCUT2D eigenvalue weighted by atomic mass is 10.2. The van der Waals surface area contributed by atoms with Gasteiger partial charge in [-0.1, -0.05) is 20.8 Å². The van der Waals surface area contributed by atoms with Crippen LogP contribution in [0.1, 0.15) is 32.8 Å². The Bertz CT molecular complexity index is 1050. The first-order chi connectivity index (χ1) is 14.7. The van der Waals surface area contributed by atoms with Crippen molar-refractivity contribution in [2.45, 2.75) is 32.1 Å². The Hall–Kier alpha value is -3.18. The van der Waals surface area contributed by atoms with Crippen LogP contribution in [-0.2, 0) is 10.0 Å². The molecule has 0 atom stereocenters. The van der Waals surface area contributed by atoms with Crippen molar-refractivity contribution in [3.05, 3.63) is 52.1 Å². The van der Waals surface area contributed by atoms with Crippen LogP contribution in [0, 0.1) is 10.1 Å². The molecular formula is C20H26N4O6S. The second kappa shape index (κ2) is 10.7. The summed E-state index contributed by atoms with van der Waals surface area (Å²) in [6.45, 7) is 6.39. The van der Waals surface area contributed by atoms with E-state index in [-0.39, 0.29) is 29.4 Å². The highest BCUT2D eigenvalue weighted by Crippen LogP contribution is 2.29. The van der Waals surface area contributed by atoms with Crippen LogP contribution in [-0.4, -0.2) is 48.7 Å². The summed E-state index contributed by atoms with van der Waals surface area (Å²) in [5.74, 6) is 0.458. The van der Waals surface area contributed by atoms with E-state index in [2.05, 4.69) is 10.5 Å². The van der Waals surface area contributed by atoms with Gasteiger partial charge in [-0.2, -0.15) is 9.41 Å². The van der Waals surface area contributed by atoms with Gasteiger partial charge in [-0.05, 0) is 30.7 Å². The summed E-state index contributed by atoms with van der Waals surface area (Å²) in [6, 6.07) is 8.30. The normalized spacial score (nSPS) is 11.7. The molecule has 168 valence electrons. The average molecular weight is 451 g/mol. The number of nitrogens with zero attached hydrogens (tertiary/aromatic N) is 3. The summed E-state index contributed by atoms with van der Waals surface area (Å²) in [6.07, 6.45) is 2.13. The maximum absolute atomic E-state index is 12.6. The molecule has 31 heavy (non-hydrogen) atoms. The zero-order valence-electron chi connectivity index (χ0n) is 17.6. The van der Waals surface area contributed by atoms with E-state index < -0.39 is 20.6 Å². The molecule has 0 saturated carbocycles. The van der Waals surface area contributed by atoms with Gasteiger partial charge in [0.15, 0.2) is 0 Å². The number of rotatable bonds is 11. The van der Waals surface area contributed by atoms with E-state index in [9.17, 15) is 23.6 Å². The zero-order valence-corrected chi connectivity index (χ0v) is 18.4. The van der Waals surface area contributed by atoms with Crippen molar-refractivity contribution < 1.29 is 23.2 Å². The second-order valence-corrected chi connectivity index (χ2v) is 8.40. The van der Waals surface area contributed by atoms with Gasteiger partial charge in [-0.3, -0.25) is 15.5 Å².